The minimum Gasteiger partial charge on any atom is -0.457 e. The second-order valence-electron chi connectivity index (χ2n) is 27.7. The fraction of sp³-hybridized carbons (Fsp3) is 0.461. The van der Waals surface area contributed by atoms with Crippen LogP contribution in [0.5, 0.6) is 11.5 Å². The summed E-state index contributed by atoms with van der Waals surface area (Å²) in [4.78, 5) is 132. The lowest BCUT2D eigenvalue weighted by molar-refractivity contribution is -0.175. The van der Waals surface area contributed by atoms with E-state index in [4.69, 9.17) is 67.2 Å². The topological polar surface area (TPSA) is 330 Å². The summed E-state index contributed by atoms with van der Waals surface area (Å²) in [6.45, 7) is 21.9. The zero-order valence-electron chi connectivity index (χ0n) is 62.0. The van der Waals surface area contributed by atoms with Gasteiger partial charge in [-0.2, -0.15) is 0 Å². The summed E-state index contributed by atoms with van der Waals surface area (Å²) < 4.78 is 62.9. The lowest BCUT2D eigenvalue weighted by Crippen LogP contribution is -2.47. The highest BCUT2D eigenvalue weighted by Crippen LogP contribution is 2.46. The normalized spacial score (nSPS) is 16.9. The van der Waals surface area contributed by atoms with Gasteiger partial charge >= 0.3 is 42.7 Å². The first kappa shape index (κ1) is 79.8. The van der Waals surface area contributed by atoms with Gasteiger partial charge in [-0.05, 0) is 158 Å². The Labute approximate surface area is 638 Å². The molecule has 5 aliphatic rings. The van der Waals surface area contributed by atoms with Crippen molar-refractivity contribution in [3.8, 4) is 34.3 Å². The lowest BCUT2D eigenvalue weighted by Gasteiger charge is -2.35. The number of anilines is 2. The lowest BCUT2D eigenvalue weighted by atomic mass is 9.85. The molecule has 7 aromatic rings. The van der Waals surface area contributed by atoms with Crippen LogP contribution in [0, 0.1) is 0 Å². The number of esters is 2. The Hall–Kier alpha value is -9.21. The molecule has 108 heavy (non-hydrogen) atoms. The standard InChI is InChI=1S/C44H51N5O11S2.C32H36N2O10S2/c1-7-30-31-23-29(58-42(54)59-43(3,4)5)13-14-35(31)46-37-32(30)25-49-36(37)24-34-33(38(49)50)26-57-39(51)44(34,8-2)60-41(53)56-20-22-62-61-21-19-55-40(52)45-27-9-11-28(12-10-27)48-17-15-47(6)16-18-48;1-6-19-20-14-18(42-30(39)43-31(3,4)5)8-9-24(20)33-26-21(19)16-34-25(26)15-23-22(27(34)36)17-41-28(37)32(23,7-2)44-29(38)40-11-13-46-45-12-10-35/h9-14,23-24H,7-8,15-22,25-26H2,1-6H3,(H,45,52);8-9,14-15,35H,6-7,10-13,16-17H2,1-5H3/t44-;32-/m00/s1. The Morgan fingerprint density at radius 1 is 0.546 bits per heavy atom. The summed E-state index contributed by atoms with van der Waals surface area (Å²) >= 11 is 0. The summed E-state index contributed by atoms with van der Waals surface area (Å²) in [6, 6.07) is 21.3. The first-order valence-electron chi connectivity index (χ1n) is 35.5. The van der Waals surface area contributed by atoms with Crippen LogP contribution in [0.15, 0.2) is 82.4 Å². The van der Waals surface area contributed by atoms with E-state index in [1.54, 1.807) is 113 Å². The number of aliphatic hydroxyl groups excluding tert-OH is 1. The number of nitrogens with zero attached hydrogens (tertiary/aromatic N) is 6. The number of aliphatic hydroxyl groups is 1. The maximum atomic E-state index is 14.1. The highest BCUT2D eigenvalue weighted by atomic mass is 33.1. The zero-order valence-corrected chi connectivity index (χ0v) is 65.3. The molecular formula is C76H87N7O21S4. The number of fused-ring (bicyclic) bond motifs is 10. The van der Waals surface area contributed by atoms with Gasteiger partial charge in [-0.3, -0.25) is 14.9 Å². The molecule has 0 saturated carbocycles. The van der Waals surface area contributed by atoms with Crippen LogP contribution in [0.3, 0.4) is 0 Å². The van der Waals surface area contributed by atoms with Gasteiger partial charge < -0.3 is 76.1 Å². The van der Waals surface area contributed by atoms with Gasteiger partial charge in [-0.1, -0.05) is 70.9 Å². The van der Waals surface area contributed by atoms with Crippen molar-refractivity contribution in [1.82, 2.24) is 24.0 Å². The molecule has 576 valence electrons. The number of piperazine rings is 1. The molecule has 0 bridgehead atoms. The monoisotopic (exact) mass is 1560 g/mol. The number of hydrogen-bond acceptors (Lipinski definition) is 29. The van der Waals surface area contributed by atoms with Gasteiger partial charge in [0.05, 0.1) is 64.6 Å². The molecule has 3 aromatic carbocycles. The quantitative estimate of drug-likeness (QED) is 0.0197. The number of rotatable bonds is 23. The number of likely N-dealkylation sites (N-methyl/N-ethyl adjacent to an activating group) is 1. The summed E-state index contributed by atoms with van der Waals surface area (Å²) in [7, 11) is 7.85. The Morgan fingerprint density at radius 3 is 1.38 bits per heavy atom. The van der Waals surface area contributed by atoms with E-state index in [1.807, 2.05) is 38.1 Å². The van der Waals surface area contributed by atoms with E-state index in [2.05, 4.69) is 22.2 Å². The molecule has 2 atom stereocenters. The van der Waals surface area contributed by atoms with Crippen molar-refractivity contribution >= 4 is 119 Å². The number of cyclic esters (lactones) is 2. The van der Waals surface area contributed by atoms with Gasteiger partial charge in [0.15, 0.2) is 0 Å². The molecule has 0 unspecified atom stereocenters. The number of aryl methyl sites for hydroxylation is 2. The molecule has 5 aliphatic heterocycles. The van der Waals surface area contributed by atoms with Crippen LogP contribution in [-0.2, 0) is 103 Å². The largest absolute Gasteiger partial charge is 0.514 e. The molecule has 9 heterocycles. The Morgan fingerprint density at radius 2 is 0.972 bits per heavy atom. The molecule has 0 aliphatic carbocycles. The number of carbonyl (C=O) groups excluding carboxylic acids is 7. The van der Waals surface area contributed by atoms with Gasteiger partial charge in [-0.25, -0.2) is 43.5 Å². The third-order valence-corrected chi connectivity index (χ3v) is 23.1. The Bertz CT molecular complexity index is 4740. The highest BCUT2D eigenvalue weighted by Gasteiger charge is 2.53. The van der Waals surface area contributed by atoms with Crippen LogP contribution >= 0.6 is 43.2 Å². The first-order chi connectivity index (χ1) is 51.6. The van der Waals surface area contributed by atoms with Crippen LogP contribution in [0.4, 0.5) is 35.3 Å². The minimum atomic E-state index is -1.92. The number of hydrogen-bond donors (Lipinski definition) is 2. The van der Waals surface area contributed by atoms with Crippen LogP contribution in [0.1, 0.15) is 127 Å². The van der Waals surface area contributed by atoms with Crippen molar-refractivity contribution in [1.29, 1.82) is 0 Å². The number of pyridine rings is 4. The predicted molar refractivity (Wildman–Crippen MR) is 410 cm³/mol. The molecule has 32 heteroatoms. The predicted octanol–water partition coefficient (Wildman–Crippen LogP) is 13.0. The van der Waals surface area contributed by atoms with Crippen LogP contribution in [0.25, 0.3) is 44.6 Å². The van der Waals surface area contributed by atoms with E-state index in [0.717, 1.165) is 64.9 Å². The van der Waals surface area contributed by atoms with Crippen LogP contribution < -0.4 is 30.8 Å². The molecule has 0 spiro atoms. The van der Waals surface area contributed by atoms with Gasteiger partial charge in [0.2, 0.25) is 11.2 Å². The van der Waals surface area contributed by atoms with Crippen molar-refractivity contribution in [2.24, 2.45) is 0 Å². The molecule has 4 aromatic heterocycles. The van der Waals surface area contributed by atoms with E-state index in [1.165, 1.54) is 43.2 Å². The number of aromatic nitrogens is 4. The van der Waals surface area contributed by atoms with Crippen molar-refractivity contribution in [3.63, 3.8) is 0 Å². The first-order valence-corrected chi connectivity index (χ1v) is 40.5. The number of benzene rings is 3. The van der Waals surface area contributed by atoms with Crippen molar-refractivity contribution in [2.45, 2.75) is 144 Å². The zero-order chi connectivity index (χ0) is 77.4. The van der Waals surface area contributed by atoms with Crippen LogP contribution in [-0.4, -0.2) is 166 Å². The van der Waals surface area contributed by atoms with E-state index < -0.39 is 65.1 Å². The molecule has 1 fully saturated rings. The average molecular weight is 1560 g/mol. The number of nitrogens with one attached hydrogen (secondary N) is 1. The summed E-state index contributed by atoms with van der Waals surface area (Å²) in [5.41, 5.74) is 3.53. The fourth-order valence-electron chi connectivity index (χ4n) is 13.3. The number of amides is 1. The van der Waals surface area contributed by atoms with Gasteiger partial charge in [0.25, 0.3) is 11.1 Å². The Balaban J connectivity index is 0.000000225. The molecule has 0 radical (unpaired) electrons. The summed E-state index contributed by atoms with van der Waals surface area (Å²) in [6.07, 6.45) is -3.14. The second kappa shape index (κ2) is 34.1. The number of carbonyl (C=O) groups is 7. The fourth-order valence-corrected chi connectivity index (χ4v) is 16.6. The minimum absolute atomic E-state index is 0.0105. The average Bonchev–Trinajstić information content (AvgIpc) is 1.59. The van der Waals surface area contributed by atoms with Gasteiger partial charge in [-0.15, -0.1) is 0 Å². The molecule has 1 saturated heterocycles. The smallest absolute Gasteiger partial charge is 0.457 e. The van der Waals surface area contributed by atoms with Crippen molar-refractivity contribution in [2.75, 3.05) is 92.9 Å². The van der Waals surface area contributed by atoms with E-state index in [0.29, 0.717) is 86.8 Å². The summed E-state index contributed by atoms with van der Waals surface area (Å²) in [5, 5.41) is 13.2. The molecular weight excluding hydrogens is 1480 g/mol. The highest BCUT2D eigenvalue weighted by molar-refractivity contribution is 8.77. The van der Waals surface area contributed by atoms with E-state index in [-0.39, 0.29) is 98.9 Å². The van der Waals surface area contributed by atoms with Crippen molar-refractivity contribution in [3.05, 3.63) is 138 Å². The maximum absolute atomic E-state index is 14.1. The number of ether oxygens (including phenoxy) is 11. The molecule has 1 amide bonds. The molecule has 12 rings (SSSR count). The third-order valence-electron chi connectivity index (χ3n) is 18.4. The molecule has 2 N–H and O–H groups in total. The van der Waals surface area contributed by atoms with Crippen LogP contribution in [0.2, 0.25) is 0 Å². The SMILES string of the molecule is CCc1c2c(nc3ccc(OC(=O)OC(C)(C)C)cc13)-c1cc3c(c(=O)n1C2)COC(=O)[C@@]3(CC)OC(=O)OCCSSCCO.CCc1c2c(nc3ccc(OC(=O)OC(C)(C)C)cc13)-c1cc3c(c(=O)n1C2)COC(=O)[C@@]3(CC)OC(=O)OCCSSCCOC(=O)Nc1ccc(N2CCN(C)CC2)cc1. The van der Waals surface area contributed by atoms with E-state index in [9.17, 15) is 43.2 Å². The second-order valence-corrected chi connectivity index (χ2v) is 33.1. The van der Waals surface area contributed by atoms with E-state index >= 15 is 0 Å². The summed E-state index contributed by atoms with van der Waals surface area (Å²) in [5.74, 6) is 0.912. The van der Waals surface area contributed by atoms with Crippen molar-refractivity contribution < 1.29 is 90.8 Å². The van der Waals surface area contributed by atoms with Gasteiger partial charge in [0, 0.05) is 93.6 Å². The van der Waals surface area contributed by atoms with Gasteiger partial charge in [0.1, 0.15) is 55.7 Å². The Kier molecular flexibility index (Phi) is 25.2. The maximum Gasteiger partial charge on any atom is 0.514 e. The molecule has 28 nitrogen and oxygen atoms in total. The third kappa shape index (κ3) is 17.7.